The van der Waals surface area contributed by atoms with Crippen LogP contribution in [0.5, 0.6) is 0 Å². The second-order valence-corrected chi connectivity index (χ2v) is 8.78. The van der Waals surface area contributed by atoms with Crippen molar-refractivity contribution in [2.45, 2.75) is 43.9 Å². The summed E-state index contributed by atoms with van der Waals surface area (Å²) >= 11 is 1.61. The molecule has 0 saturated heterocycles. The fourth-order valence-electron chi connectivity index (χ4n) is 2.66. The minimum atomic E-state index is -2.94. The molecule has 1 heterocycles. The monoisotopic (exact) mass is 288 g/mol. The van der Waals surface area contributed by atoms with Crippen molar-refractivity contribution in [1.29, 1.82) is 0 Å². The standard InChI is InChI=1S/C12H20N2O2S2/c1-8-14-7-11(17-8)12(13)9-4-3-5-10(6-9)18(2,15)16/h7,9-10,12H,3-6,13H2,1-2H3. The molecule has 1 aliphatic rings. The predicted octanol–water partition coefficient (Wildman–Crippen LogP) is 2.05. The Kier molecular flexibility index (Phi) is 4.08. The maximum atomic E-state index is 11.6. The van der Waals surface area contributed by atoms with Crippen LogP contribution in [0.15, 0.2) is 6.20 Å². The van der Waals surface area contributed by atoms with Gasteiger partial charge in [-0.05, 0) is 32.1 Å². The molecule has 0 amide bonds. The highest BCUT2D eigenvalue weighted by molar-refractivity contribution is 7.91. The molecule has 18 heavy (non-hydrogen) atoms. The van der Waals surface area contributed by atoms with Gasteiger partial charge < -0.3 is 5.73 Å². The van der Waals surface area contributed by atoms with E-state index in [4.69, 9.17) is 5.73 Å². The van der Waals surface area contributed by atoms with Gasteiger partial charge in [0.2, 0.25) is 0 Å². The molecule has 3 atom stereocenters. The number of hydrogen-bond acceptors (Lipinski definition) is 5. The number of hydrogen-bond donors (Lipinski definition) is 1. The number of thiazole rings is 1. The molecule has 1 aromatic rings. The molecular formula is C12H20N2O2S2. The Balaban J connectivity index is 2.09. The highest BCUT2D eigenvalue weighted by Crippen LogP contribution is 2.36. The summed E-state index contributed by atoms with van der Waals surface area (Å²) < 4.78 is 23.3. The minimum Gasteiger partial charge on any atom is -0.323 e. The van der Waals surface area contributed by atoms with E-state index in [1.165, 1.54) is 6.26 Å². The molecule has 1 aliphatic carbocycles. The minimum absolute atomic E-state index is 0.0688. The molecule has 0 aliphatic heterocycles. The third-order valence-electron chi connectivity index (χ3n) is 3.75. The molecule has 6 heteroatoms. The Morgan fingerprint density at radius 2 is 2.22 bits per heavy atom. The molecule has 0 spiro atoms. The highest BCUT2D eigenvalue weighted by atomic mass is 32.2. The van der Waals surface area contributed by atoms with E-state index < -0.39 is 9.84 Å². The lowest BCUT2D eigenvalue weighted by Gasteiger charge is -2.31. The molecule has 2 N–H and O–H groups in total. The average Bonchev–Trinajstić information content (AvgIpc) is 2.74. The van der Waals surface area contributed by atoms with Gasteiger partial charge in [-0.2, -0.15) is 0 Å². The van der Waals surface area contributed by atoms with Crippen molar-refractivity contribution in [2.75, 3.05) is 6.26 Å². The fourth-order valence-corrected chi connectivity index (χ4v) is 4.73. The Bertz CT molecular complexity index is 510. The quantitative estimate of drug-likeness (QED) is 0.924. The molecule has 102 valence electrons. The zero-order valence-corrected chi connectivity index (χ0v) is 12.4. The summed E-state index contributed by atoms with van der Waals surface area (Å²) in [6.45, 7) is 1.96. The lowest BCUT2D eigenvalue weighted by Crippen LogP contribution is -2.32. The van der Waals surface area contributed by atoms with E-state index in [1.807, 2.05) is 13.1 Å². The summed E-state index contributed by atoms with van der Waals surface area (Å²) in [5, 5.41) is 0.798. The van der Waals surface area contributed by atoms with Crippen LogP contribution >= 0.6 is 11.3 Å². The van der Waals surface area contributed by atoms with Gasteiger partial charge in [0.1, 0.15) is 9.84 Å². The van der Waals surface area contributed by atoms with E-state index in [-0.39, 0.29) is 17.2 Å². The maximum absolute atomic E-state index is 11.6. The first-order valence-corrected chi connectivity index (χ1v) is 9.02. The molecule has 4 nitrogen and oxygen atoms in total. The van der Waals surface area contributed by atoms with Crippen LogP contribution in [0.25, 0.3) is 0 Å². The van der Waals surface area contributed by atoms with Crippen molar-refractivity contribution in [3.63, 3.8) is 0 Å². The van der Waals surface area contributed by atoms with Gasteiger partial charge in [0.25, 0.3) is 0 Å². The molecule has 0 bridgehead atoms. The number of rotatable bonds is 3. The van der Waals surface area contributed by atoms with Gasteiger partial charge in [-0.3, -0.25) is 0 Å². The lowest BCUT2D eigenvalue weighted by atomic mass is 9.83. The van der Waals surface area contributed by atoms with Gasteiger partial charge in [0.05, 0.1) is 10.3 Å². The van der Waals surface area contributed by atoms with E-state index in [1.54, 1.807) is 11.3 Å². The van der Waals surface area contributed by atoms with Crippen LogP contribution in [0.4, 0.5) is 0 Å². The number of sulfone groups is 1. The number of nitrogens with zero attached hydrogens (tertiary/aromatic N) is 1. The fraction of sp³-hybridized carbons (Fsp3) is 0.750. The van der Waals surface area contributed by atoms with Crippen molar-refractivity contribution in [2.24, 2.45) is 11.7 Å². The SMILES string of the molecule is Cc1ncc(C(N)C2CCCC(S(C)(=O)=O)C2)s1. The van der Waals surface area contributed by atoms with Crippen molar-refractivity contribution < 1.29 is 8.42 Å². The van der Waals surface area contributed by atoms with Gasteiger partial charge in [0.15, 0.2) is 0 Å². The van der Waals surface area contributed by atoms with Gasteiger partial charge in [-0.15, -0.1) is 11.3 Å². The van der Waals surface area contributed by atoms with Crippen LogP contribution in [0, 0.1) is 12.8 Å². The van der Waals surface area contributed by atoms with Crippen molar-refractivity contribution >= 4 is 21.2 Å². The largest absolute Gasteiger partial charge is 0.323 e. The Labute approximate surface area is 113 Å². The van der Waals surface area contributed by atoms with Gasteiger partial charge in [0, 0.05) is 23.4 Å². The summed E-state index contributed by atoms with van der Waals surface area (Å²) in [5.41, 5.74) is 6.26. The molecule has 0 aromatic carbocycles. The molecule has 1 aromatic heterocycles. The second-order valence-electron chi connectivity index (χ2n) is 5.19. The third-order valence-corrected chi connectivity index (χ3v) is 6.40. The maximum Gasteiger partial charge on any atom is 0.150 e. The average molecular weight is 288 g/mol. The van der Waals surface area contributed by atoms with Crippen molar-refractivity contribution in [3.8, 4) is 0 Å². The summed E-state index contributed by atoms with van der Waals surface area (Å²) in [7, 11) is -2.94. The summed E-state index contributed by atoms with van der Waals surface area (Å²) in [4.78, 5) is 5.30. The first-order chi connectivity index (χ1) is 8.38. The number of aromatic nitrogens is 1. The third kappa shape index (κ3) is 3.10. The normalized spacial score (nSPS) is 27.1. The first-order valence-electron chi connectivity index (χ1n) is 6.24. The number of aryl methyl sites for hydroxylation is 1. The topological polar surface area (TPSA) is 73.0 Å². The van der Waals surface area contributed by atoms with E-state index in [0.29, 0.717) is 6.42 Å². The highest BCUT2D eigenvalue weighted by Gasteiger charge is 2.32. The van der Waals surface area contributed by atoms with Crippen LogP contribution in [-0.2, 0) is 9.84 Å². The van der Waals surface area contributed by atoms with Crippen LogP contribution in [0.2, 0.25) is 0 Å². The van der Waals surface area contributed by atoms with Gasteiger partial charge in [-0.1, -0.05) is 6.42 Å². The Morgan fingerprint density at radius 1 is 1.50 bits per heavy atom. The van der Waals surface area contributed by atoms with E-state index in [2.05, 4.69) is 4.98 Å². The molecular weight excluding hydrogens is 268 g/mol. The first kappa shape index (κ1) is 14.0. The molecule has 0 radical (unpaired) electrons. The van der Waals surface area contributed by atoms with Crippen molar-refractivity contribution in [3.05, 3.63) is 16.1 Å². The van der Waals surface area contributed by atoms with E-state index in [0.717, 1.165) is 29.1 Å². The molecule has 1 saturated carbocycles. The Morgan fingerprint density at radius 3 is 2.78 bits per heavy atom. The summed E-state index contributed by atoms with van der Waals surface area (Å²) in [6, 6.07) is -0.0688. The van der Waals surface area contributed by atoms with Crippen LogP contribution in [0.3, 0.4) is 0 Å². The Hall–Kier alpha value is -0.460. The number of nitrogens with two attached hydrogens (primary N) is 1. The zero-order chi connectivity index (χ0) is 13.3. The van der Waals surface area contributed by atoms with E-state index >= 15 is 0 Å². The van der Waals surface area contributed by atoms with Crippen LogP contribution in [0.1, 0.15) is 41.6 Å². The second kappa shape index (κ2) is 5.27. The molecule has 3 unspecified atom stereocenters. The van der Waals surface area contributed by atoms with Crippen LogP contribution < -0.4 is 5.73 Å². The smallest absolute Gasteiger partial charge is 0.150 e. The summed E-state index contributed by atoms with van der Waals surface area (Å²) in [6.07, 6.45) is 6.61. The van der Waals surface area contributed by atoms with Gasteiger partial charge >= 0.3 is 0 Å². The predicted molar refractivity (Wildman–Crippen MR) is 74.4 cm³/mol. The summed E-state index contributed by atoms with van der Waals surface area (Å²) in [5.74, 6) is 0.262. The van der Waals surface area contributed by atoms with Crippen molar-refractivity contribution in [1.82, 2.24) is 4.98 Å². The molecule has 2 rings (SSSR count). The van der Waals surface area contributed by atoms with Gasteiger partial charge in [-0.25, -0.2) is 13.4 Å². The lowest BCUT2D eigenvalue weighted by molar-refractivity contribution is 0.311. The van der Waals surface area contributed by atoms with E-state index in [9.17, 15) is 8.42 Å². The zero-order valence-electron chi connectivity index (χ0n) is 10.8. The van der Waals surface area contributed by atoms with Crippen LogP contribution in [-0.4, -0.2) is 24.9 Å². The molecule has 1 fully saturated rings.